The molecule has 0 saturated carbocycles. The van der Waals surface area contributed by atoms with E-state index >= 15 is 0 Å². The Morgan fingerprint density at radius 1 is 1.22 bits per heavy atom. The van der Waals surface area contributed by atoms with E-state index < -0.39 is 0 Å². The van der Waals surface area contributed by atoms with Gasteiger partial charge in [-0.1, -0.05) is 23.8 Å². The van der Waals surface area contributed by atoms with Gasteiger partial charge in [-0.25, -0.2) is 4.98 Å². The van der Waals surface area contributed by atoms with E-state index in [4.69, 9.17) is 5.73 Å². The van der Waals surface area contributed by atoms with Gasteiger partial charge in [0.05, 0.1) is 6.04 Å². The molecule has 7 nitrogen and oxygen atoms in total. The molecule has 7 heteroatoms. The molecule has 1 unspecified atom stereocenters. The summed E-state index contributed by atoms with van der Waals surface area (Å²) in [6.45, 7) is 10.0. The summed E-state index contributed by atoms with van der Waals surface area (Å²) < 4.78 is 1.63. The van der Waals surface area contributed by atoms with Crippen molar-refractivity contribution in [1.82, 2.24) is 24.9 Å². The van der Waals surface area contributed by atoms with Crippen LogP contribution in [0, 0.1) is 27.7 Å². The number of carbonyl (C=O) groups excluding carboxylic acids is 1. The third kappa shape index (κ3) is 3.92. The second-order valence-electron chi connectivity index (χ2n) is 7.09. The van der Waals surface area contributed by atoms with E-state index in [1.54, 1.807) is 4.52 Å². The number of amides is 1. The second kappa shape index (κ2) is 7.34. The zero-order chi connectivity index (χ0) is 19.7. The number of aryl methyl sites for hydroxylation is 4. The maximum Gasteiger partial charge on any atom is 0.254 e. The van der Waals surface area contributed by atoms with Gasteiger partial charge in [0.2, 0.25) is 11.9 Å². The lowest BCUT2D eigenvalue weighted by molar-refractivity contribution is -0.121. The summed E-state index contributed by atoms with van der Waals surface area (Å²) in [4.78, 5) is 21.0. The molecule has 0 fully saturated rings. The molecule has 0 saturated heterocycles. The number of nitrogen functional groups attached to an aromatic ring is 1. The van der Waals surface area contributed by atoms with E-state index in [1.807, 2.05) is 20.8 Å². The van der Waals surface area contributed by atoms with Gasteiger partial charge in [0, 0.05) is 17.8 Å². The Balaban J connectivity index is 1.70. The molecule has 0 radical (unpaired) electrons. The minimum Gasteiger partial charge on any atom is -0.366 e. The van der Waals surface area contributed by atoms with E-state index in [0.29, 0.717) is 18.6 Å². The number of nitrogens with zero attached hydrogens (tertiary/aromatic N) is 4. The molecule has 1 aromatic carbocycles. The Kier molecular flexibility index (Phi) is 5.12. The minimum atomic E-state index is -0.0321. The van der Waals surface area contributed by atoms with Crippen LogP contribution in [0.3, 0.4) is 0 Å². The molecular formula is C20H26N6O. The van der Waals surface area contributed by atoms with E-state index in [0.717, 1.165) is 22.5 Å². The highest BCUT2D eigenvalue weighted by atomic mass is 16.1. The first-order valence-electron chi connectivity index (χ1n) is 9.11. The average molecular weight is 366 g/mol. The number of aromatic nitrogens is 4. The Morgan fingerprint density at radius 2 is 1.96 bits per heavy atom. The van der Waals surface area contributed by atoms with Gasteiger partial charge in [0.15, 0.2) is 0 Å². The number of fused-ring (bicyclic) bond motifs is 1. The van der Waals surface area contributed by atoms with Crippen molar-refractivity contribution >= 4 is 17.6 Å². The van der Waals surface area contributed by atoms with Crippen LogP contribution in [-0.4, -0.2) is 25.5 Å². The molecule has 142 valence electrons. The molecule has 0 spiro atoms. The van der Waals surface area contributed by atoms with Crippen molar-refractivity contribution in [3.8, 4) is 0 Å². The molecule has 3 N–H and O–H groups in total. The summed E-state index contributed by atoms with van der Waals surface area (Å²) in [6, 6.07) is 6.26. The lowest BCUT2D eigenvalue weighted by Crippen LogP contribution is -2.27. The maximum absolute atomic E-state index is 12.5. The number of rotatable bonds is 5. The summed E-state index contributed by atoms with van der Waals surface area (Å²) in [6.07, 6.45) is 0.972. The molecule has 0 aliphatic rings. The summed E-state index contributed by atoms with van der Waals surface area (Å²) in [5.74, 6) is 0.696. The fraction of sp³-hybridized carbons (Fsp3) is 0.400. The van der Waals surface area contributed by atoms with Crippen molar-refractivity contribution in [2.75, 3.05) is 5.73 Å². The number of benzene rings is 1. The SMILES string of the molecule is Cc1ccc(C)c(C(C)NC(=O)CCc2c(C)nc3nc(N)nn3c2C)c1. The maximum atomic E-state index is 12.5. The van der Waals surface area contributed by atoms with E-state index in [9.17, 15) is 4.79 Å². The molecule has 2 heterocycles. The van der Waals surface area contributed by atoms with Crippen molar-refractivity contribution in [2.24, 2.45) is 0 Å². The summed E-state index contributed by atoms with van der Waals surface area (Å²) in [7, 11) is 0. The van der Waals surface area contributed by atoms with Crippen LogP contribution >= 0.6 is 0 Å². The number of hydrogen-bond acceptors (Lipinski definition) is 5. The van der Waals surface area contributed by atoms with Gasteiger partial charge in [-0.15, -0.1) is 5.10 Å². The van der Waals surface area contributed by atoms with Crippen molar-refractivity contribution < 1.29 is 4.79 Å². The van der Waals surface area contributed by atoms with Crippen molar-refractivity contribution in [1.29, 1.82) is 0 Å². The molecule has 1 amide bonds. The number of anilines is 1. The largest absolute Gasteiger partial charge is 0.366 e. The molecule has 2 aromatic heterocycles. The van der Waals surface area contributed by atoms with Gasteiger partial charge in [0.1, 0.15) is 0 Å². The van der Waals surface area contributed by atoms with Crippen molar-refractivity contribution in [3.63, 3.8) is 0 Å². The van der Waals surface area contributed by atoms with Gasteiger partial charge in [-0.3, -0.25) is 4.79 Å². The first-order chi connectivity index (χ1) is 12.8. The first kappa shape index (κ1) is 18.8. The predicted octanol–water partition coefficient (Wildman–Crippen LogP) is 2.75. The number of carbonyl (C=O) groups is 1. The van der Waals surface area contributed by atoms with Crippen LogP contribution in [0.5, 0.6) is 0 Å². The van der Waals surface area contributed by atoms with Crippen LogP contribution < -0.4 is 11.1 Å². The Hall–Kier alpha value is -2.96. The second-order valence-corrected chi connectivity index (χ2v) is 7.09. The molecular weight excluding hydrogens is 340 g/mol. The highest BCUT2D eigenvalue weighted by Crippen LogP contribution is 2.20. The Bertz CT molecular complexity index is 1010. The van der Waals surface area contributed by atoms with Gasteiger partial charge in [-0.2, -0.15) is 9.50 Å². The zero-order valence-corrected chi connectivity index (χ0v) is 16.5. The lowest BCUT2D eigenvalue weighted by atomic mass is 9.99. The van der Waals surface area contributed by atoms with Crippen LogP contribution in [0.2, 0.25) is 0 Å². The smallest absolute Gasteiger partial charge is 0.254 e. The molecule has 0 aliphatic heterocycles. The minimum absolute atomic E-state index is 0.0143. The monoisotopic (exact) mass is 366 g/mol. The van der Waals surface area contributed by atoms with Crippen LogP contribution in [0.15, 0.2) is 18.2 Å². The van der Waals surface area contributed by atoms with Gasteiger partial charge in [0.25, 0.3) is 5.78 Å². The molecule has 1 atom stereocenters. The van der Waals surface area contributed by atoms with E-state index in [-0.39, 0.29) is 17.9 Å². The van der Waals surface area contributed by atoms with Crippen LogP contribution in [0.1, 0.15) is 53.0 Å². The number of hydrogen-bond donors (Lipinski definition) is 2. The number of nitrogens with one attached hydrogen (secondary N) is 1. The van der Waals surface area contributed by atoms with Crippen LogP contribution in [-0.2, 0) is 11.2 Å². The molecule has 27 heavy (non-hydrogen) atoms. The fourth-order valence-corrected chi connectivity index (χ4v) is 3.44. The fourth-order valence-electron chi connectivity index (χ4n) is 3.44. The van der Waals surface area contributed by atoms with Crippen molar-refractivity contribution in [2.45, 2.75) is 53.5 Å². The zero-order valence-electron chi connectivity index (χ0n) is 16.5. The average Bonchev–Trinajstić information content (AvgIpc) is 2.97. The summed E-state index contributed by atoms with van der Waals surface area (Å²) >= 11 is 0. The molecule has 0 aliphatic carbocycles. The van der Waals surface area contributed by atoms with Gasteiger partial charge in [-0.05, 0) is 57.7 Å². The molecule has 3 rings (SSSR count). The standard InChI is InChI=1S/C20H26N6O/c1-11-6-7-12(2)17(10-11)14(4)22-18(27)9-8-16-13(3)23-20-24-19(21)25-26(20)15(16)5/h6-7,10,14H,8-9H2,1-5H3,(H2,21,25)(H,22,27). The molecule has 3 aromatic rings. The van der Waals surface area contributed by atoms with Crippen LogP contribution in [0.25, 0.3) is 5.78 Å². The van der Waals surface area contributed by atoms with Crippen LogP contribution in [0.4, 0.5) is 5.95 Å². The normalized spacial score (nSPS) is 12.3. The third-order valence-electron chi connectivity index (χ3n) is 4.95. The van der Waals surface area contributed by atoms with Crippen molar-refractivity contribution in [3.05, 3.63) is 51.8 Å². The van der Waals surface area contributed by atoms with E-state index in [1.165, 1.54) is 11.1 Å². The summed E-state index contributed by atoms with van der Waals surface area (Å²) in [5, 5.41) is 7.27. The highest BCUT2D eigenvalue weighted by Gasteiger charge is 2.16. The van der Waals surface area contributed by atoms with Gasteiger partial charge >= 0.3 is 0 Å². The topological polar surface area (TPSA) is 98.2 Å². The quantitative estimate of drug-likeness (QED) is 0.723. The van der Waals surface area contributed by atoms with E-state index in [2.05, 4.69) is 52.4 Å². The lowest BCUT2D eigenvalue weighted by Gasteiger charge is -2.18. The molecule has 0 bridgehead atoms. The predicted molar refractivity (Wildman–Crippen MR) is 105 cm³/mol. The highest BCUT2D eigenvalue weighted by molar-refractivity contribution is 5.76. The Labute approximate surface area is 159 Å². The third-order valence-corrected chi connectivity index (χ3v) is 4.95. The summed E-state index contributed by atoms with van der Waals surface area (Å²) in [5.41, 5.74) is 12.0. The van der Waals surface area contributed by atoms with Gasteiger partial charge < -0.3 is 11.1 Å². The Morgan fingerprint density at radius 3 is 2.70 bits per heavy atom. The number of nitrogens with two attached hydrogens (primary N) is 1. The first-order valence-corrected chi connectivity index (χ1v) is 9.11.